The summed E-state index contributed by atoms with van der Waals surface area (Å²) in [7, 11) is 0. The van der Waals surface area contributed by atoms with E-state index in [4.69, 9.17) is 5.73 Å². The number of aromatic nitrogens is 1. The Hall–Kier alpha value is -1.52. The standard InChI is InChI=1S/C15H18N2OS/c1-10-14(19-15(17-10)7-8-16)9-12-3-5-13(6-4-12)11(2)18/h3-6H,7-9,16H2,1-2H3. The lowest BCUT2D eigenvalue weighted by Gasteiger charge is -2.01. The van der Waals surface area contributed by atoms with Gasteiger partial charge in [-0.3, -0.25) is 4.79 Å². The topological polar surface area (TPSA) is 56.0 Å². The van der Waals surface area contributed by atoms with Gasteiger partial charge in [0.2, 0.25) is 0 Å². The molecule has 0 amide bonds. The molecule has 100 valence electrons. The lowest BCUT2D eigenvalue weighted by molar-refractivity contribution is 0.101. The molecule has 0 saturated carbocycles. The van der Waals surface area contributed by atoms with Crippen LogP contribution < -0.4 is 5.73 Å². The van der Waals surface area contributed by atoms with E-state index in [-0.39, 0.29) is 5.78 Å². The SMILES string of the molecule is CC(=O)c1ccc(Cc2sc(CCN)nc2C)cc1. The Kier molecular flexibility index (Phi) is 4.45. The van der Waals surface area contributed by atoms with Gasteiger partial charge in [0, 0.05) is 23.3 Å². The van der Waals surface area contributed by atoms with Crippen LogP contribution in [-0.4, -0.2) is 17.3 Å². The van der Waals surface area contributed by atoms with Crippen molar-refractivity contribution in [3.05, 3.63) is 51.0 Å². The number of rotatable bonds is 5. The number of benzene rings is 1. The van der Waals surface area contributed by atoms with Crippen molar-refractivity contribution in [2.45, 2.75) is 26.7 Å². The maximum Gasteiger partial charge on any atom is 0.159 e. The first-order chi connectivity index (χ1) is 9.10. The average Bonchev–Trinajstić information content (AvgIpc) is 2.71. The van der Waals surface area contributed by atoms with Gasteiger partial charge >= 0.3 is 0 Å². The van der Waals surface area contributed by atoms with Gasteiger partial charge in [0.1, 0.15) is 0 Å². The van der Waals surface area contributed by atoms with Crippen LogP contribution in [0.2, 0.25) is 0 Å². The van der Waals surface area contributed by atoms with Gasteiger partial charge in [-0.15, -0.1) is 11.3 Å². The van der Waals surface area contributed by atoms with Crippen molar-refractivity contribution in [1.82, 2.24) is 4.98 Å². The molecular weight excluding hydrogens is 256 g/mol. The lowest BCUT2D eigenvalue weighted by Crippen LogP contribution is -2.01. The Morgan fingerprint density at radius 2 is 2.00 bits per heavy atom. The van der Waals surface area contributed by atoms with Crippen LogP contribution in [0.1, 0.15) is 38.4 Å². The van der Waals surface area contributed by atoms with E-state index < -0.39 is 0 Å². The smallest absolute Gasteiger partial charge is 0.159 e. The quantitative estimate of drug-likeness (QED) is 0.853. The molecule has 4 heteroatoms. The fourth-order valence-corrected chi connectivity index (χ4v) is 3.04. The minimum Gasteiger partial charge on any atom is -0.330 e. The number of aryl methyl sites for hydroxylation is 1. The summed E-state index contributed by atoms with van der Waals surface area (Å²) in [6, 6.07) is 7.79. The van der Waals surface area contributed by atoms with Crippen LogP contribution in [0, 0.1) is 6.92 Å². The first-order valence-corrected chi connectivity index (χ1v) is 7.17. The third-order valence-electron chi connectivity index (χ3n) is 3.02. The first kappa shape index (κ1) is 13.9. The van der Waals surface area contributed by atoms with Crippen molar-refractivity contribution >= 4 is 17.1 Å². The van der Waals surface area contributed by atoms with Crippen molar-refractivity contribution in [2.24, 2.45) is 5.73 Å². The zero-order chi connectivity index (χ0) is 13.8. The van der Waals surface area contributed by atoms with Gasteiger partial charge in [-0.05, 0) is 26.0 Å². The van der Waals surface area contributed by atoms with Crippen LogP contribution >= 0.6 is 11.3 Å². The van der Waals surface area contributed by atoms with Gasteiger partial charge in [0.05, 0.1) is 10.7 Å². The lowest BCUT2D eigenvalue weighted by atomic mass is 10.1. The molecule has 3 nitrogen and oxygen atoms in total. The molecule has 0 aliphatic rings. The number of Topliss-reactive ketones (excluding diaryl/α,β-unsaturated/α-hetero) is 1. The average molecular weight is 274 g/mol. The number of hydrogen-bond donors (Lipinski definition) is 1. The van der Waals surface area contributed by atoms with E-state index in [1.807, 2.05) is 31.2 Å². The van der Waals surface area contributed by atoms with E-state index in [0.717, 1.165) is 29.1 Å². The Morgan fingerprint density at radius 3 is 2.58 bits per heavy atom. The monoisotopic (exact) mass is 274 g/mol. The van der Waals surface area contributed by atoms with Crippen LogP contribution in [0.3, 0.4) is 0 Å². The summed E-state index contributed by atoms with van der Waals surface area (Å²) in [4.78, 5) is 17.0. The molecular formula is C15H18N2OS. The summed E-state index contributed by atoms with van der Waals surface area (Å²) in [6.07, 6.45) is 1.71. The van der Waals surface area contributed by atoms with E-state index in [1.54, 1.807) is 18.3 Å². The molecule has 0 aliphatic carbocycles. The highest BCUT2D eigenvalue weighted by Gasteiger charge is 2.08. The molecule has 0 saturated heterocycles. The molecule has 0 fully saturated rings. The largest absolute Gasteiger partial charge is 0.330 e. The Morgan fingerprint density at radius 1 is 1.32 bits per heavy atom. The molecule has 0 radical (unpaired) electrons. The number of hydrogen-bond acceptors (Lipinski definition) is 4. The molecule has 1 aromatic carbocycles. The van der Waals surface area contributed by atoms with E-state index in [9.17, 15) is 4.79 Å². The number of nitrogens with two attached hydrogens (primary N) is 1. The fourth-order valence-electron chi connectivity index (χ4n) is 1.93. The van der Waals surface area contributed by atoms with Crippen molar-refractivity contribution in [1.29, 1.82) is 0 Å². The normalized spacial score (nSPS) is 10.7. The van der Waals surface area contributed by atoms with Gasteiger partial charge in [0.15, 0.2) is 5.78 Å². The van der Waals surface area contributed by atoms with Gasteiger partial charge in [-0.25, -0.2) is 4.98 Å². The molecule has 0 bridgehead atoms. The summed E-state index contributed by atoms with van der Waals surface area (Å²) in [5.74, 6) is 0.103. The second kappa shape index (κ2) is 6.08. The van der Waals surface area contributed by atoms with Crippen LogP contribution in [0.4, 0.5) is 0 Å². The molecule has 2 N–H and O–H groups in total. The zero-order valence-corrected chi connectivity index (χ0v) is 12.1. The maximum absolute atomic E-state index is 11.2. The predicted molar refractivity (Wildman–Crippen MR) is 78.9 cm³/mol. The van der Waals surface area contributed by atoms with E-state index >= 15 is 0 Å². The first-order valence-electron chi connectivity index (χ1n) is 6.35. The molecule has 19 heavy (non-hydrogen) atoms. The molecule has 0 spiro atoms. The Bertz CT molecular complexity index is 572. The Labute approximate surface area is 117 Å². The van der Waals surface area contributed by atoms with E-state index in [1.165, 1.54) is 10.4 Å². The molecule has 1 aromatic heterocycles. The van der Waals surface area contributed by atoms with Gasteiger partial charge in [-0.2, -0.15) is 0 Å². The molecule has 0 atom stereocenters. The van der Waals surface area contributed by atoms with Gasteiger partial charge < -0.3 is 5.73 Å². The summed E-state index contributed by atoms with van der Waals surface area (Å²) in [5, 5.41) is 1.11. The summed E-state index contributed by atoms with van der Waals surface area (Å²) < 4.78 is 0. The number of carbonyl (C=O) groups excluding carboxylic acids is 1. The van der Waals surface area contributed by atoms with Gasteiger partial charge in [0.25, 0.3) is 0 Å². The van der Waals surface area contributed by atoms with Crippen LogP contribution in [-0.2, 0) is 12.8 Å². The second-order valence-electron chi connectivity index (χ2n) is 4.58. The summed E-state index contributed by atoms with van der Waals surface area (Å²) >= 11 is 1.73. The fraction of sp³-hybridized carbons (Fsp3) is 0.333. The van der Waals surface area contributed by atoms with Crippen molar-refractivity contribution in [2.75, 3.05) is 6.54 Å². The number of thiazole rings is 1. The molecule has 0 aliphatic heterocycles. The number of carbonyl (C=O) groups is 1. The van der Waals surface area contributed by atoms with Crippen LogP contribution in [0.25, 0.3) is 0 Å². The van der Waals surface area contributed by atoms with Crippen molar-refractivity contribution in [3.8, 4) is 0 Å². The van der Waals surface area contributed by atoms with E-state index in [2.05, 4.69) is 4.98 Å². The minimum absolute atomic E-state index is 0.103. The summed E-state index contributed by atoms with van der Waals surface area (Å²) in [5.41, 5.74) is 8.60. The predicted octanol–water partition coefficient (Wildman–Crippen LogP) is 2.75. The number of nitrogens with zero attached hydrogens (tertiary/aromatic N) is 1. The van der Waals surface area contributed by atoms with Crippen LogP contribution in [0.5, 0.6) is 0 Å². The van der Waals surface area contributed by atoms with Crippen molar-refractivity contribution in [3.63, 3.8) is 0 Å². The third-order valence-corrected chi connectivity index (χ3v) is 4.24. The second-order valence-corrected chi connectivity index (χ2v) is 5.75. The highest BCUT2D eigenvalue weighted by Crippen LogP contribution is 2.22. The third kappa shape index (κ3) is 3.49. The maximum atomic E-state index is 11.2. The molecule has 1 heterocycles. The van der Waals surface area contributed by atoms with E-state index in [0.29, 0.717) is 6.54 Å². The van der Waals surface area contributed by atoms with Crippen molar-refractivity contribution < 1.29 is 4.79 Å². The van der Waals surface area contributed by atoms with Crippen LogP contribution in [0.15, 0.2) is 24.3 Å². The molecule has 0 unspecified atom stereocenters. The zero-order valence-electron chi connectivity index (χ0n) is 11.3. The minimum atomic E-state index is 0.103. The molecule has 2 aromatic rings. The highest BCUT2D eigenvalue weighted by molar-refractivity contribution is 7.11. The summed E-state index contributed by atoms with van der Waals surface area (Å²) in [6.45, 7) is 4.26. The number of ketones is 1. The Balaban J connectivity index is 2.14. The van der Waals surface area contributed by atoms with Gasteiger partial charge in [-0.1, -0.05) is 24.3 Å². The highest BCUT2D eigenvalue weighted by atomic mass is 32.1. The molecule has 2 rings (SSSR count).